The number of pyridine rings is 1. The van der Waals surface area contributed by atoms with Crippen LogP contribution in [0.4, 0.5) is 13.2 Å². The predicted molar refractivity (Wildman–Crippen MR) is 83.0 cm³/mol. The van der Waals surface area contributed by atoms with Crippen LogP contribution in [0.5, 0.6) is 0 Å². The number of benzene rings is 1. The average molecular weight is 340 g/mol. The molecular weight excluding hydrogens is 325 g/mol. The molecule has 0 fully saturated rings. The van der Waals surface area contributed by atoms with Crippen LogP contribution in [0.15, 0.2) is 47.6 Å². The largest absolute Gasteiger partial charge is 0.417 e. The van der Waals surface area contributed by atoms with E-state index in [-0.39, 0.29) is 11.7 Å². The third kappa shape index (κ3) is 5.59. The van der Waals surface area contributed by atoms with Crippen molar-refractivity contribution in [2.75, 3.05) is 5.75 Å². The van der Waals surface area contributed by atoms with E-state index in [9.17, 15) is 18.0 Å². The number of nitrogens with zero attached hydrogens (tertiary/aromatic N) is 1. The smallest absolute Gasteiger partial charge is 0.351 e. The third-order valence-electron chi connectivity index (χ3n) is 2.99. The summed E-state index contributed by atoms with van der Waals surface area (Å²) in [6.45, 7) is 2.39. The molecule has 7 heteroatoms. The lowest BCUT2D eigenvalue weighted by Crippen LogP contribution is -2.24. The second-order valence-electron chi connectivity index (χ2n) is 4.94. The zero-order chi connectivity index (χ0) is 16.9. The molecule has 0 bridgehead atoms. The number of hydrogen-bond donors (Lipinski definition) is 1. The van der Waals surface area contributed by atoms with Crippen LogP contribution in [-0.2, 0) is 17.5 Å². The topological polar surface area (TPSA) is 42.0 Å². The Bertz CT molecular complexity index is 672. The molecule has 23 heavy (non-hydrogen) atoms. The van der Waals surface area contributed by atoms with Gasteiger partial charge in [-0.2, -0.15) is 13.2 Å². The number of amides is 1. The molecule has 1 amide bonds. The number of aryl methyl sites for hydroxylation is 1. The second-order valence-corrected chi connectivity index (χ2v) is 5.93. The predicted octanol–water partition coefficient (Wildman–Crippen LogP) is 3.82. The van der Waals surface area contributed by atoms with Crippen molar-refractivity contribution in [1.29, 1.82) is 0 Å². The van der Waals surface area contributed by atoms with Gasteiger partial charge in [-0.25, -0.2) is 4.98 Å². The Morgan fingerprint density at radius 3 is 2.65 bits per heavy atom. The van der Waals surface area contributed by atoms with E-state index in [4.69, 9.17) is 0 Å². The van der Waals surface area contributed by atoms with Crippen LogP contribution < -0.4 is 5.32 Å². The number of aromatic nitrogens is 1. The Balaban J connectivity index is 1.80. The molecule has 0 saturated carbocycles. The van der Waals surface area contributed by atoms with E-state index in [1.54, 1.807) is 0 Å². The molecule has 0 unspecified atom stereocenters. The molecule has 0 atom stereocenters. The van der Waals surface area contributed by atoms with Gasteiger partial charge in [-0.1, -0.05) is 41.6 Å². The minimum Gasteiger partial charge on any atom is -0.351 e. The fraction of sp³-hybridized carbons (Fsp3) is 0.250. The minimum absolute atomic E-state index is 0.101. The van der Waals surface area contributed by atoms with E-state index in [1.807, 2.05) is 31.2 Å². The van der Waals surface area contributed by atoms with Crippen molar-refractivity contribution in [2.24, 2.45) is 0 Å². The highest BCUT2D eigenvalue weighted by Gasteiger charge is 2.30. The number of nitrogens with one attached hydrogen (secondary N) is 1. The molecule has 0 spiro atoms. The first kappa shape index (κ1) is 17.3. The standard InChI is InChI=1S/C16H15F3N2OS/c1-11-3-2-4-12(7-11)8-20-14(22)10-23-15-6-5-13(9-21-15)16(17,18)19/h2-7,9H,8,10H2,1H3,(H,20,22). The molecule has 0 aliphatic rings. The quantitative estimate of drug-likeness (QED) is 0.842. The number of thioether (sulfide) groups is 1. The first-order valence-electron chi connectivity index (χ1n) is 6.83. The second kappa shape index (κ2) is 7.50. The number of rotatable bonds is 5. The molecule has 1 N–H and O–H groups in total. The molecule has 0 saturated heterocycles. The van der Waals surface area contributed by atoms with Gasteiger partial charge in [0.25, 0.3) is 0 Å². The lowest BCUT2D eigenvalue weighted by atomic mass is 10.1. The van der Waals surface area contributed by atoms with Crippen molar-refractivity contribution < 1.29 is 18.0 Å². The number of hydrogen-bond acceptors (Lipinski definition) is 3. The Kier molecular flexibility index (Phi) is 5.65. The Labute approximate surface area is 136 Å². The van der Waals surface area contributed by atoms with Crippen LogP contribution in [0.25, 0.3) is 0 Å². The van der Waals surface area contributed by atoms with E-state index >= 15 is 0 Å². The van der Waals surface area contributed by atoms with Crippen molar-refractivity contribution in [3.63, 3.8) is 0 Å². The summed E-state index contributed by atoms with van der Waals surface area (Å²) in [7, 11) is 0. The maximum absolute atomic E-state index is 12.4. The monoisotopic (exact) mass is 340 g/mol. The Hall–Kier alpha value is -2.02. The van der Waals surface area contributed by atoms with Crippen LogP contribution in [0.2, 0.25) is 0 Å². The summed E-state index contributed by atoms with van der Waals surface area (Å²) in [6.07, 6.45) is -3.63. The summed E-state index contributed by atoms with van der Waals surface area (Å²) < 4.78 is 37.2. The van der Waals surface area contributed by atoms with Gasteiger partial charge in [-0.3, -0.25) is 4.79 Å². The molecule has 0 radical (unpaired) electrons. The minimum atomic E-state index is -4.40. The van der Waals surface area contributed by atoms with Crippen molar-refractivity contribution >= 4 is 17.7 Å². The summed E-state index contributed by atoms with van der Waals surface area (Å²) in [5.41, 5.74) is 1.31. The van der Waals surface area contributed by atoms with Crippen LogP contribution in [0.1, 0.15) is 16.7 Å². The number of halogens is 3. The molecule has 2 rings (SSSR count). The number of carbonyl (C=O) groups is 1. The van der Waals surface area contributed by atoms with E-state index in [1.165, 1.54) is 6.07 Å². The zero-order valence-electron chi connectivity index (χ0n) is 12.4. The van der Waals surface area contributed by atoms with Gasteiger partial charge in [-0.15, -0.1) is 0 Å². The molecule has 0 aliphatic carbocycles. The molecule has 1 aromatic heterocycles. The van der Waals surface area contributed by atoms with Crippen LogP contribution >= 0.6 is 11.8 Å². The first-order chi connectivity index (χ1) is 10.8. The van der Waals surface area contributed by atoms with Crippen molar-refractivity contribution in [3.8, 4) is 0 Å². The average Bonchev–Trinajstić information content (AvgIpc) is 2.50. The normalized spacial score (nSPS) is 11.3. The summed E-state index contributed by atoms with van der Waals surface area (Å²) in [5, 5.41) is 3.14. The summed E-state index contributed by atoms with van der Waals surface area (Å²) in [4.78, 5) is 15.5. The van der Waals surface area contributed by atoms with Gasteiger partial charge in [0.2, 0.25) is 5.91 Å². The highest BCUT2D eigenvalue weighted by atomic mass is 32.2. The Morgan fingerprint density at radius 1 is 1.26 bits per heavy atom. The van der Waals surface area contributed by atoms with Gasteiger partial charge in [0.05, 0.1) is 16.3 Å². The van der Waals surface area contributed by atoms with Crippen molar-refractivity contribution in [1.82, 2.24) is 10.3 Å². The summed E-state index contributed by atoms with van der Waals surface area (Å²) in [6, 6.07) is 10.00. The fourth-order valence-corrected chi connectivity index (χ4v) is 2.52. The molecule has 1 aromatic carbocycles. The molecule has 0 aliphatic heterocycles. The molecular formula is C16H15F3N2OS. The van der Waals surface area contributed by atoms with E-state index in [2.05, 4.69) is 10.3 Å². The van der Waals surface area contributed by atoms with Crippen molar-refractivity contribution in [3.05, 3.63) is 59.3 Å². The van der Waals surface area contributed by atoms with Gasteiger partial charge in [0.1, 0.15) is 0 Å². The zero-order valence-corrected chi connectivity index (χ0v) is 13.2. The molecule has 2 aromatic rings. The lowest BCUT2D eigenvalue weighted by Gasteiger charge is -2.07. The van der Waals surface area contributed by atoms with Gasteiger partial charge in [-0.05, 0) is 24.6 Å². The van der Waals surface area contributed by atoms with E-state index in [0.29, 0.717) is 11.6 Å². The first-order valence-corrected chi connectivity index (χ1v) is 7.81. The maximum Gasteiger partial charge on any atom is 0.417 e. The van der Waals surface area contributed by atoms with Crippen LogP contribution in [0, 0.1) is 6.92 Å². The lowest BCUT2D eigenvalue weighted by molar-refractivity contribution is -0.137. The maximum atomic E-state index is 12.4. The van der Waals surface area contributed by atoms with Gasteiger partial charge >= 0.3 is 6.18 Å². The molecule has 1 heterocycles. The van der Waals surface area contributed by atoms with Gasteiger partial charge in [0, 0.05) is 12.7 Å². The fourth-order valence-electron chi connectivity index (χ4n) is 1.85. The van der Waals surface area contributed by atoms with Crippen molar-refractivity contribution in [2.45, 2.75) is 24.7 Å². The number of carbonyl (C=O) groups excluding carboxylic acids is 1. The summed E-state index contributed by atoms with van der Waals surface area (Å²) in [5.74, 6) is -0.0947. The van der Waals surface area contributed by atoms with Crippen LogP contribution in [-0.4, -0.2) is 16.6 Å². The molecule has 122 valence electrons. The highest BCUT2D eigenvalue weighted by molar-refractivity contribution is 7.99. The highest BCUT2D eigenvalue weighted by Crippen LogP contribution is 2.29. The molecule has 3 nitrogen and oxygen atoms in total. The Morgan fingerprint density at radius 2 is 2.04 bits per heavy atom. The third-order valence-corrected chi connectivity index (χ3v) is 3.93. The van der Waals surface area contributed by atoms with E-state index in [0.717, 1.165) is 35.2 Å². The summed E-state index contributed by atoms with van der Waals surface area (Å²) >= 11 is 1.10. The van der Waals surface area contributed by atoms with Gasteiger partial charge in [0.15, 0.2) is 0 Å². The SMILES string of the molecule is Cc1cccc(CNC(=O)CSc2ccc(C(F)(F)F)cn2)c1. The van der Waals surface area contributed by atoms with E-state index < -0.39 is 11.7 Å². The number of alkyl halides is 3. The van der Waals surface area contributed by atoms with Crippen LogP contribution in [0.3, 0.4) is 0 Å². The van der Waals surface area contributed by atoms with Gasteiger partial charge < -0.3 is 5.32 Å².